The van der Waals surface area contributed by atoms with Crippen molar-refractivity contribution >= 4 is 15.9 Å². The van der Waals surface area contributed by atoms with Crippen molar-refractivity contribution in [3.05, 3.63) is 58.8 Å². The first-order chi connectivity index (χ1) is 7.34. The Balaban J connectivity index is 1.96. The number of rotatable bonds is 3. The van der Waals surface area contributed by atoms with Gasteiger partial charge in [0.1, 0.15) is 12.4 Å². The van der Waals surface area contributed by atoms with Gasteiger partial charge < -0.3 is 4.74 Å². The zero-order valence-corrected chi connectivity index (χ0v) is 9.65. The predicted octanol–water partition coefficient (Wildman–Crippen LogP) is 3.42. The zero-order chi connectivity index (χ0) is 10.5. The van der Waals surface area contributed by atoms with Gasteiger partial charge in [-0.05, 0) is 29.8 Å². The Morgan fingerprint density at radius 2 is 1.67 bits per heavy atom. The number of ether oxygens (including phenoxy) is 1. The minimum absolute atomic E-state index is 0.581. The molecule has 0 aliphatic heterocycles. The van der Waals surface area contributed by atoms with Gasteiger partial charge in [-0.3, -0.25) is 4.98 Å². The lowest BCUT2D eigenvalue weighted by Gasteiger charge is -2.05. The highest BCUT2D eigenvalue weighted by atomic mass is 79.9. The Kier molecular flexibility index (Phi) is 3.35. The molecule has 0 amide bonds. The number of halogens is 1. The summed E-state index contributed by atoms with van der Waals surface area (Å²) >= 11 is 3.39. The molecule has 0 aliphatic rings. The van der Waals surface area contributed by atoms with Gasteiger partial charge >= 0.3 is 0 Å². The van der Waals surface area contributed by atoms with E-state index in [1.165, 1.54) is 0 Å². The van der Waals surface area contributed by atoms with Gasteiger partial charge in [-0.15, -0.1) is 0 Å². The molecule has 0 bridgehead atoms. The van der Waals surface area contributed by atoms with E-state index in [1.807, 2.05) is 36.4 Å². The zero-order valence-electron chi connectivity index (χ0n) is 8.06. The van der Waals surface area contributed by atoms with Crippen LogP contribution >= 0.6 is 15.9 Å². The molecule has 76 valence electrons. The first-order valence-corrected chi connectivity index (χ1v) is 5.41. The van der Waals surface area contributed by atoms with Crippen molar-refractivity contribution < 1.29 is 4.74 Å². The molecule has 0 atom stereocenters. The highest BCUT2D eigenvalue weighted by molar-refractivity contribution is 9.10. The molecule has 2 aromatic rings. The molecule has 1 heterocycles. The van der Waals surface area contributed by atoms with Crippen LogP contribution in [0.3, 0.4) is 0 Å². The molecular weight excluding hydrogens is 254 g/mol. The molecule has 0 saturated heterocycles. The Morgan fingerprint density at radius 3 is 2.33 bits per heavy atom. The summed E-state index contributed by atoms with van der Waals surface area (Å²) in [6.45, 7) is 0.581. The number of pyridine rings is 1. The average Bonchev–Trinajstić information content (AvgIpc) is 2.30. The van der Waals surface area contributed by atoms with E-state index in [1.54, 1.807) is 12.4 Å². The quantitative estimate of drug-likeness (QED) is 0.847. The lowest BCUT2D eigenvalue weighted by Crippen LogP contribution is -1.94. The third-order valence-electron chi connectivity index (χ3n) is 1.97. The Labute approximate surface area is 97.1 Å². The molecular formula is C12H10BrNO. The molecule has 1 aromatic carbocycles. The smallest absolute Gasteiger partial charge is 0.122 e. The minimum atomic E-state index is 0.581. The summed E-state index contributed by atoms with van der Waals surface area (Å²) in [6.07, 6.45) is 3.44. The van der Waals surface area contributed by atoms with Crippen molar-refractivity contribution in [3.8, 4) is 5.75 Å². The second-order valence-corrected chi connectivity index (χ2v) is 4.01. The SMILES string of the molecule is Brc1ccc(COc2ccncc2)cc1. The molecule has 0 N–H and O–H groups in total. The van der Waals surface area contributed by atoms with Crippen LogP contribution in [-0.2, 0) is 6.61 Å². The van der Waals surface area contributed by atoms with Gasteiger partial charge in [-0.25, -0.2) is 0 Å². The van der Waals surface area contributed by atoms with Gasteiger partial charge in [0.15, 0.2) is 0 Å². The van der Waals surface area contributed by atoms with Crippen molar-refractivity contribution in [2.45, 2.75) is 6.61 Å². The van der Waals surface area contributed by atoms with Gasteiger partial charge in [-0.2, -0.15) is 0 Å². The topological polar surface area (TPSA) is 22.1 Å². The van der Waals surface area contributed by atoms with E-state index in [2.05, 4.69) is 20.9 Å². The maximum absolute atomic E-state index is 5.58. The van der Waals surface area contributed by atoms with Crippen LogP contribution in [0.1, 0.15) is 5.56 Å². The van der Waals surface area contributed by atoms with Crippen molar-refractivity contribution in [3.63, 3.8) is 0 Å². The molecule has 0 unspecified atom stereocenters. The number of aromatic nitrogens is 1. The summed E-state index contributed by atoms with van der Waals surface area (Å²) < 4.78 is 6.66. The fraction of sp³-hybridized carbons (Fsp3) is 0.0833. The van der Waals surface area contributed by atoms with E-state index in [4.69, 9.17) is 4.74 Å². The van der Waals surface area contributed by atoms with Crippen LogP contribution in [0.25, 0.3) is 0 Å². The minimum Gasteiger partial charge on any atom is -0.489 e. The van der Waals surface area contributed by atoms with E-state index in [9.17, 15) is 0 Å². The van der Waals surface area contributed by atoms with E-state index in [-0.39, 0.29) is 0 Å². The standard InChI is InChI=1S/C12H10BrNO/c13-11-3-1-10(2-4-11)9-15-12-5-7-14-8-6-12/h1-8H,9H2. The van der Waals surface area contributed by atoms with Gasteiger partial charge in [0.05, 0.1) is 0 Å². The maximum Gasteiger partial charge on any atom is 0.122 e. The fourth-order valence-corrected chi connectivity index (χ4v) is 1.45. The van der Waals surface area contributed by atoms with Crippen LogP contribution in [0.15, 0.2) is 53.3 Å². The summed E-state index contributed by atoms with van der Waals surface area (Å²) in [5.74, 6) is 0.841. The summed E-state index contributed by atoms with van der Waals surface area (Å²) in [4.78, 5) is 3.93. The average molecular weight is 264 g/mol. The maximum atomic E-state index is 5.58. The second-order valence-electron chi connectivity index (χ2n) is 3.10. The summed E-state index contributed by atoms with van der Waals surface area (Å²) in [5, 5.41) is 0. The molecule has 2 rings (SSSR count). The normalized spacial score (nSPS) is 9.93. The lowest BCUT2D eigenvalue weighted by molar-refractivity contribution is 0.306. The molecule has 3 heteroatoms. The molecule has 0 radical (unpaired) electrons. The van der Waals surface area contributed by atoms with Crippen LogP contribution in [0.5, 0.6) is 5.75 Å². The molecule has 15 heavy (non-hydrogen) atoms. The number of nitrogens with zero attached hydrogens (tertiary/aromatic N) is 1. The Morgan fingerprint density at radius 1 is 1.00 bits per heavy atom. The largest absolute Gasteiger partial charge is 0.489 e. The van der Waals surface area contributed by atoms with E-state index < -0.39 is 0 Å². The van der Waals surface area contributed by atoms with Crippen LogP contribution in [0, 0.1) is 0 Å². The van der Waals surface area contributed by atoms with Crippen LogP contribution < -0.4 is 4.74 Å². The molecule has 2 nitrogen and oxygen atoms in total. The second kappa shape index (κ2) is 4.94. The summed E-state index contributed by atoms with van der Waals surface area (Å²) in [5.41, 5.74) is 1.15. The van der Waals surface area contributed by atoms with E-state index >= 15 is 0 Å². The summed E-state index contributed by atoms with van der Waals surface area (Å²) in [6, 6.07) is 11.8. The molecule has 0 aliphatic carbocycles. The molecule has 1 aromatic heterocycles. The van der Waals surface area contributed by atoms with E-state index in [0.29, 0.717) is 6.61 Å². The highest BCUT2D eigenvalue weighted by Crippen LogP contribution is 2.13. The van der Waals surface area contributed by atoms with Crippen LogP contribution in [0.4, 0.5) is 0 Å². The summed E-state index contributed by atoms with van der Waals surface area (Å²) in [7, 11) is 0. The van der Waals surface area contributed by atoms with Gasteiger partial charge in [-0.1, -0.05) is 28.1 Å². The van der Waals surface area contributed by atoms with Gasteiger partial charge in [0.25, 0.3) is 0 Å². The van der Waals surface area contributed by atoms with E-state index in [0.717, 1.165) is 15.8 Å². The first-order valence-electron chi connectivity index (χ1n) is 4.62. The lowest BCUT2D eigenvalue weighted by atomic mass is 10.2. The third kappa shape index (κ3) is 3.06. The van der Waals surface area contributed by atoms with Crippen molar-refractivity contribution in [2.75, 3.05) is 0 Å². The van der Waals surface area contributed by atoms with Crippen molar-refractivity contribution in [1.29, 1.82) is 0 Å². The number of hydrogen-bond acceptors (Lipinski definition) is 2. The Hall–Kier alpha value is -1.35. The molecule has 0 spiro atoms. The van der Waals surface area contributed by atoms with Crippen molar-refractivity contribution in [1.82, 2.24) is 4.98 Å². The fourth-order valence-electron chi connectivity index (χ4n) is 1.18. The third-order valence-corrected chi connectivity index (χ3v) is 2.50. The molecule has 0 saturated carbocycles. The van der Waals surface area contributed by atoms with Crippen molar-refractivity contribution in [2.24, 2.45) is 0 Å². The first kappa shape index (κ1) is 10.2. The number of benzene rings is 1. The predicted molar refractivity (Wildman–Crippen MR) is 62.7 cm³/mol. The monoisotopic (exact) mass is 263 g/mol. The van der Waals surface area contributed by atoms with Crippen LogP contribution in [-0.4, -0.2) is 4.98 Å². The Bertz CT molecular complexity index is 413. The van der Waals surface area contributed by atoms with Gasteiger partial charge in [0, 0.05) is 16.9 Å². The highest BCUT2D eigenvalue weighted by Gasteiger charge is 1.95. The van der Waals surface area contributed by atoms with Crippen LogP contribution in [0.2, 0.25) is 0 Å². The number of hydrogen-bond donors (Lipinski definition) is 0. The molecule has 0 fully saturated rings. The van der Waals surface area contributed by atoms with Gasteiger partial charge in [0.2, 0.25) is 0 Å².